The Morgan fingerprint density at radius 1 is 0.717 bits per heavy atom. The fraction of sp³-hybridized carbons (Fsp3) is 0.389. The average Bonchev–Trinajstić information content (AvgIpc) is 3.69. The number of aromatic nitrogens is 2. The second kappa shape index (κ2) is 13.4. The molecule has 3 aliphatic rings. The normalized spacial score (nSPS) is 17.0. The number of hydrogen-bond acceptors (Lipinski definition) is 6. The van der Waals surface area contributed by atoms with Crippen LogP contribution in [0.15, 0.2) is 53.0 Å². The predicted molar refractivity (Wildman–Crippen MR) is 186 cm³/mol. The molecule has 6 nitrogen and oxygen atoms in total. The maximum Gasteiger partial charge on any atom is 0.495 e. The van der Waals surface area contributed by atoms with Gasteiger partial charge < -0.3 is 20.8 Å². The minimum Gasteiger partial charge on any atom is -0.399 e. The van der Waals surface area contributed by atoms with Gasteiger partial charge in [-0.3, -0.25) is 0 Å². The van der Waals surface area contributed by atoms with E-state index in [1.807, 2.05) is 45.9 Å². The molecule has 10 heteroatoms. The van der Waals surface area contributed by atoms with Crippen molar-refractivity contribution in [3.63, 3.8) is 0 Å². The van der Waals surface area contributed by atoms with Crippen molar-refractivity contribution < 1.29 is 18.1 Å². The Kier molecular flexibility index (Phi) is 9.92. The number of pyridine rings is 2. The number of nitrogens with zero attached hydrogens (tertiary/aromatic N) is 2. The Bertz CT molecular complexity index is 1710. The summed E-state index contributed by atoms with van der Waals surface area (Å²) in [6.07, 6.45) is 6.90. The van der Waals surface area contributed by atoms with E-state index in [-0.39, 0.29) is 0 Å². The van der Waals surface area contributed by atoms with E-state index in [0.29, 0.717) is 16.9 Å². The minimum absolute atomic E-state index is 0.411. The highest BCUT2D eigenvalue weighted by atomic mass is 79.9. The van der Waals surface area contributed by atoms with Crippen LogP contribution in [0.1, 0.15) is 74.2 Å². The predicted octanol–water partition coefficient (Wildman–Crippen LogP) is 7.62. The molecule has 4 N–H and O–H groups in total. The van der Waals surface area contributed by atoms with E-state index in [1.165, 1.54) is 47.2 Å². The highest BCUT2D eigenvalue weighted by Gasteiger charge is 2.51. The fourth-order valence-electron chi connectivity index (χ4n) is 6.17. The lowest BCUT2D eigenvalue weighted by Crippen LogP contribution is -2.41. The summed E-state index contributed by atoms with van der Waals surface area (Å²) in [7, 11) is -0.531. The molecule has 0 amide bonds. The molecule has 0 atom stereocenters. The number of nitrogens with two attached hydrogens (primary N) is 2. The van der Waals surface area contributed by atoms with E-state index in [4.69, 9.17) is 20.8 Å². The number of halogens is 3. The van der Waals surface area contributed by atoms with Crippen LogP contribution in [0.4, 0.5) is 20.2 Å². The Morgan fingerprint density at radius 2 is 1.24 bits per heavy atom. The van der Waals surface area contributed by atoms with E-state index >= 15 is 0 Å². The Balaban J connectivity index is 0.000000140. The largest absolute Gasteiger partial charge is 0.495 e. The van der Waals surface area contributed by atoms with Crippen LogP contribution in [0.5, 0.6) is 0 Å². The van der Waals surface area contributed by atoms with Crippen LogP contribution >= 0.6 is 15.9 Å². The molecule has 1 fully saturated rings. The van der Waals surface area contributed by atoms with E-state index in [2.05, 4.69) is 38.0 Å². The van der Waals surface area contributed by atoms with Gasteiger partial charge in [-0.1, -0.05) is 18.2 Å². The van der Waals surface area contributed by atoms with Crippen molar-refractivity contribution in [2.75, 3.05) is 11.5 Å². The highest BCUT2D eigenvalue weighted by molar-refractivity contribution is 9.10. The lowest BCUT2D eigenvalue weighted by atomic mass is 9.79. The monoisotopic (exact) mass is 690 g/mol. The maximum atomic E-state index is 13.4. The highest BCUT2D eigenvalue weighted by Crippen LogP contribution is 2.37. The van der Waals surface area contributed by atoms with Crippen LogP contribution in [-0.4, -0.2) is 28.3 Å². The second-order valence-electron chi connectivity index (χ2n) is 13.2. The van der Waals surface area contributed by atoms with Crippen molar-refractivity contribution in [2.45, 2.75) is 91.3 Å². The van der Waals surface area contributed by atoms with Gasteiger partial charge >= 0.3 is 7.12 Å². The summed E-state index contributed by atoms with van der Waals surface area (Å²) in [5, 5.41) is 0. The molecule has 7 rings (SSSR count). The van der Waals surface area contributed by atoms with E-state index < -0.39 is 30.2 Å². The van der Waals surface area contributed by atoms with Gasteiger partial charge in [0.25, 0.3) is 0 Å². The summed E-state index contributed by atoms with van der Waals surface area (Å²) in [5.41, 5.74) is 22.1. The molecule has 3 heterocycles. The van der Waals surface area contributed by atoms with Crippen molar-refractivity contribution in [2.24, 2.45) is 0 Å². The topological polar surface area (TPSA) is 96.3 Å². The van der Waals surface area contributed by atoms with Gasteiger partial charge in [0.2, 0.25) is 11.9 Å². The molecule has 1 saturated heterocycles. The molecule has 2 aromatic heterocycles. The standard InChI is InChI=1S/C15H15FN2.C12H17BFNO2.C9H10BrN/c1-9-7-11(8-14(16)18-9)13-6-5-10-3-2-4-12(10)15(13)17;1-8-6-9(7-10(14)15-8)13-16-11(2,3)12(4,5)17-13;10-8-5-4-6-2-1-3-7(6)9(8)11/h5-8H,2-4,17H2,1H3;6-7H,1-5H3;4-5H,1-3,11H2. The van der Waals surface area contributed by atoms with E-state index in [0.717, 1.165) is 52.7 Å². The molecule has 0 bridgehead atoms. The number of aryl methyl sites for hydroxylation is 4. The van der Waals surface area contributed by atoms with Crippen molar-refractivity contribution in [1.82, 2.24) is 9.97 Å². The first-order valence-electron chi connectivity index (χ1n) is 15.8. The smallest absolute Gasteiger partial charge is 0.399 e. The quantitative estimate of drug-likeness (QED) is 0.128. The molecular formula is C36H42BBrF2N4O2. The van der Waals surface area contributed by atoms with Gasteiger partial charge in [-0.15, -0.1) is 0 Å². The van der Waals surface area contributed by atoms with Crippen molar-refractivity contribution in [3.8, 4) is 11.1 Å². The number of anilines is 2. The van der Waals surface area contributed by atoms with E-state index in [1.54, 1.807) is 19.9 Å². The number of fused-ring (bicyclic) bond motifs is 2. The van der Waals surface area contributed by atoms with Crippen LogP contribution in [0.3, 0.4) is 0 Å². The van der Waals surface area contributed by atoms with E-state index in [9.17, 15) is 8.78 Å². The first-order chi connectivity index (χ1) is 21.6. The summed E-state index contributed by atoms with van der Waals surface area (Å²) >= 11 is 3.42. The van der Waals surface area contributed by atoms with Crippen LogP contribution in [-0.2, 0) is 35.0 Å². The molecule has 0 radical (unpaired) electrons. The van der Waals surface area contributed by atoms with Crippen LogP contribution < -0.4 is 16.9 Å². The lowest BCUT2D eigenvalue weighted by Gasteiger charge is -2.32. The summed E-state index contributed by atoms with van der Waals surface area (Å²) in [4.78, 5) is 7.46. The number of benzene rings is 2. The summed E-state index contributed by atoms with van der Waals surface area (Å²) < 4.78 is 39.3. The van der Waals surface area contributed by atoms with Crippen molar-refractivity contribution in [1.29, 1.82) is 0 Å². The molecule has 2 aliphatic carbocycles. The zero-order valence-electron chi connectivity index (χ0n) is 27.4. The SMILES string of the molecule is Cc1cc(-c2ccc3c(c2N)CCC3)cc(F)n1.Cc1cc(B2OC(C)(C)C(C)(C)O2)cc(F)n1.Nc1c(Br)ccc2c1CCC2. The molecule has 4 aromatic rings. The van der Waals surface area contributed by atoms with Crippen LogP contribution in [0.2, 0.25) is 0 Å². The first-order valence-corrected chi connectivity index (χ1v) is 16.5. The zero-order chi connectivity index (χ0) is 33.4. The van der Waals surface area contributed by atoms with Gasteiger partial charge in [0, 0.05) is 38.9 Å². The van der Waals surface area contributed by atoms with Crippen molar-refractivity contribution in [3.05, 3.63) is 98.5 Å². The third-order valence-corrected chi connectivity index (χ3v) is 10.00. The van der Waals surface area contributed by atoms with Gasteiger partial charge in [-0.05, 0) is 154 Å². The number of rotatable bonds is 2. The molecule has 0 spiro atoms. The molecule has 242 valence electrons. The number of nitrogen functional groups attached to an aromatic ring is 2. The van der Waals surface area contributed by atoms with Gasteiger partial charge in [0.05, 0.1) is 11.2 Å². The minimum atomic E-state index is -0.531. The fourth-order valence-corrected chi connectivity index (χ4v) is 6.54. The Hall–Kier alpha value is -3.34. The third-order valence-electron chi connectivity index (χ3n) is 9.30. The molecule has 2 aromatic carbocycles. The van der Waals surface area contributed by atoms with Crippen LogP contribution in [0, 0.1) is 25.7 Å². The first kappa shape index (κ1) is 34.0. The van der Waals surface area contributed by atoms with Crippen LogP contribution in [0.25, 0.3) is 11.1 Å². The van der Waals surface area contributed by atoms with Gasteiger partial charge in [-0.2, -0.15) is 8.78 Å². The van der Waals surface area contributed by atoms with Gasteiger partial charge in [0.15, 0.2) is 0 Å². The maximum absolute atomic E-state index is 13.4. The Morgan fingerprint density at radius 3 is 1.80 bits per heavy atom. The van der Waals surface area contributed by atoms with Gasteiger partial charge in [-0.25, -0.2) is 9.97 Å². The summed E-state index contributed by atoms with van der Waals surface area (Å²) in [6.45, 7) is 11.4. The molecule has 46 heavy (non-hydrogen) atoms. The molecule has 0 unspecified atom stereocenters. The average molecular weight is 691 g/mol. The summed E-state index contributed by atoms with van der Waals surface area (Å²) in [6, 6.07) is 14.8. The third kappa shape index (κ3) is 7.29. The molecule has 1 aliphatic heterocycles. The summed E-state index contributed by atoms with van der Waals surface area (Å²) in [5.74, 6) is -0.959. The molecule has 0 saturated carbocycles. The van der Waals surface area contributed by atoms with Crippen molar-refractivity contribution >= 4 is 39.9 Å². The zero-order valence-corrected chi connectivity index (χ0v) is 29.0. The lowest BCUT2D eigenvalue weighted by molar-refractivity contribution is 0.00578. The second-order valence-corrected chi connectivity index (χ2v) is 14.1. The van der Waals surface area contributed by atoms with Gasteiger partial charge in [0.1, 0.15) is 0 Å². The Labute approximate surface area is 279 Å². The molecular weight excluding hydrogens is 649 g/mol. The number of hydrogen-bond donors (Lipinski definition) is 2.